The summed E-state index contributed by atoms with van der Waals surface area (Å²) in [7, 11) is 0. The van der Waals surface area contributed by atoms with Gasteiger partial charge in [0.05, 0.1) is 0 Å². The molecular weight excluding hydrogens is 334 g/mol. The van der Waals surface area contributed by atoms with E-state index in [9.17, 15) is 4.79 Å². The van der Waals surface area contributed by atoms with Gasteiger partial charge in [-0.2, -0.15) is 0 Å². The number of hydrogen-bond acceptors (Lipinski definition) is 3. The Labute approximate surface area is 134 Å². The molecule has 1 aliphatic heterocycles. The molecule has 0 aromatic heterocycles. The van der Waals surface area contributed by atoms with Crippen molar-refractivity contribution in [1.82, 2.24) is 5.32 Å². The summed E-state index contributed by atoms with van der Waals surface area (Å²) < 4.78 is 11.0. The lowest BCUT2D eigenvalue weighted by atomic mass is 9.84. The Kier molecular flexibility index (Phi) is 5.51. The maximum absolute atomic E-state index is 12.3. The van der Waals surface area contributed by atoms with Gasteiger partial charge in [-0.15, -0.1) is 0 Å². The van der Waals surface area contributed by atoms with Crippen molar-refractivity contribution < 1.29 is 14.3 Å². The average molecular weight is 356 g/mol. The Morgan fingerprint density at radius 1 is 1.24 bits per heavy atom. The van der Waals surface area contributed by atoms with E-state index in [1.807, 2.05) is 0 Å². The van der Waals surface area contributed by atoms with E-state index in [1.54, 1.807) is 18.2 Å². The highest BCUT2D eigenvalue weighted by molar-refractivity contribution is 9.09. The van der Waals surface area contributed by atoms with Gasteiger partial charge in [0.25, 0.3) is 5.91 Å². The summed E-state index contributed by atoms with van der Waals surface area (Å²) in [5, 5.41) is 3.92. The first kappa shape index (κ1) is 16.1. The van der Waals surface area contributed by atoms with Gasteiger partial charge >= 0.3 is 0 Å². The zero-order chi connectivity index (χ0) is 15.3. The molecule has 1 N–H and O–H groups in total. The molecule has 1 aromatic carbocycles. The van der Waals surface area contributed by atoms with Crippen molar-refractivity contribution >= 4 is 21.8 Å². The van der Waals surface area contributed by atoms with Crippen molar-refractivity contribution in [1.29, 1.82) is 0 Å². The Balaban J connectivity index is 2.03. The van der Waals surface area contributed by atoms with Crippen LogP contribution in [0.5, 0.6) is 11.5 Å². The van der Waals surface area contributed by atoms with E-state index in [-0.39, 0.29) is 11.3 Å². The van der Waals surface area contributed by atoms with Crippen LogP contribution in [0.1, 0.15) is 37.0 Å². The number of fused-ring (bicyclic) bond motifs is 1. The van der Waals surface area contributed by atoms with Crippen molar-refractivity contribution in [3.63, 3.8) is 0 Å². The molecule has 5 heteroatoms. The maximum Gasteiger partial charge on any atom is 0.251 e. The fourth-order valence-electron chi connectivity index (χ4n) is 2.29. The summed E-state index contributed by atoms with van der Waals surface area (Å²) in [5.41, 5.74) is 0.721. The minimum atomic E-state index is -0.0702. The highest BCUT2D eigenvalue weighted by Crippen LogP contribution is 2.31. The van der Waals surface area contributed by atoms with Crippen molar-refractivity contribution in [2.24, 2.45) is 5.41 Å². The van der Waals surface area contributed by atoms with E-state index in [1.165, 1.54) is 0 Å². The molecule has 0 atom stereocenters. The molecule has 21 heavy (non-hydrogen) atoms. The Morgan fingerprint density at radius 3 is 2.52 bits per heavy atom. The van der Waals surface area contributed by atoms with Gasteiger partial charge in [-0.25, -0.2) is 0 Å². The molecule has 1 aromatic rings. The summed E-state index contributed by atoms with van der Waals surface area (Å²) in [6.45, 7) is 6.05. The lowest BCUT2D eigenvalue weighted by molar-refractivity contribution is 0.0931. The number of nitrogens with one attached hydrogen (secondary N) is 1. The van der Waals surface area contributed by atoms with Crippen molar-refractivity contribution in [3.05, 3.63) is 23.8 Å². The van der Waals surface area contributed by atoms with Gasteiger partial charge in [0.1, 0.15) is 13.2 Å². The molecule has 0 unspecified atom stereocenters. The number of carbonyl (C=O) groups excluding carboxylic acids is 1. The quantitative estimate of drug-likeness (QED) is 0.795. The van der Waals surface area contributed by atoms with Gasteiger partial charge in [-0.05, 0) is 36.5 Å². The lowest BCUT2D eigenvalue weighted by Gasteiger charge is -2.29. The molecule has 1 aliphatic rings. The van der Waals surface area contributed by atoms with Crippen LogP contribution in [0.4, 0.5) is 0 Å². The third-order valence-electron chi connectivity index (χ3n) is 4.21. The zero-order valence-electron chi connectivity index (χ0n) is 12.6. The van der Waals surface area contributed by atoms with E-state index in [2.05, 4.69) is 35.1 Å². The number of rotatable bonds is 6. The molecule has 116 valence electrons. The summed E-state index contributed by atoms with van der Waals surface area (Å²) >= 11 is 3.56. The summed E-state index contributed by atoms with van der Waals surface area (Å²) in [4.78, 5) is 12.3. The second-order valence-corrected chi connectivity index (χ2v) is 5.94. The van der Waals surface area contributed by atoms with Gasteiger partial charge in [-0.3, -0.25) is 4.79 Å². The van der Waals surface area contributed by atoms with Crippen LogP contribution >= 0.6 is 15.9 Å². The summed E-state index contributed by atoms with van der Waals surface area (Å²) in [5.74, 6) is 1.28. The molecule has 0 saturated carbocycles. The summed E-state index contributed by atoms with van der Waals surface area (Å²) in [6.07, 6.45) is 2.05. The SMILES string of the molecule is CCC(CC)(CBr)CNC(=O)c1ccc2c(c1)OCCO2. The van der Waals surface area contributed by atoms with Gasteiger partial charge < -0.3 is 14.8 Å². The largest absolute Gasteiger partial charge is 0.486 e. The van der Waals surface area contributed by atoms with Crippen LogP contribution in [0.3, 0.4) is 0 Å². The van der Waals surface area contributed by atoms with Crippen LogP contribution in [0.2, 0.25) is 0 Å². The topological polar surface area (TPSA) is 47.6 Å². The molecule has 2 rings (SSSR count). The van der Waals surface area contributed by atoms with Crippen LogP contribution in [-0.4, -0.2) is 31.0 Å². The molecular formula is C16H22BrNO3. The first-order chi connectivity index (χ1) is 10.1. The normalized spacial score (nSPS) is 13.9. The molecule has 0 saturated heterocycles. The van der Waals surface area contributed by atoms with Gasteiger partial charge in [0.15, 0.2) is 11.5 Å². The molecule has 1 amide bonds. The number of ether oxygens (including phenoxy) is 2. The Morgan fingerprint density at radius 2 is 1.90 bits per heavy atom. The number of hydrogen-bond donors (Lipinski definition) is 1. The highest BCUT2D eigenvalue weighted by atomic mass is 79.9. The van der Waals surface area contributed by atoms with Crippen LogP contribution in [0.15, 0.2) is 18.2 Å². The summed E-state index contributed by atoms with van der Waals surface area (Å²) in [6, 6.07) is 5.31. The fourth-order valence-corrected chi connectivity index (χ4v) is 3.28. The molecule has 0 radical (unpaired) electrons. The van der Waals surface area contributed by atoms with Crippen LogP contribution in [0.25, 0.3) is 0 Å². The smallest absolute Gasteiger partial charge is 0.251 e. The maximum atomic E-state index is 12.3. The third kappa shape index (κ3) is 3.70. The highest BCUT2D eigenvalue weighted by Gasteiger charge is 2.25. The minimum absolute atomic E-state index is 0.0702. The fraction of sp³-hybridized carbons (Fsp3) is 0.562. The molecule has 0 spiro atoms. The number of benzene rings is 1. The van der Waals surface area contributed by atoms with Gasteiger partial charge in [-0.1, -0.05) is 29.8 Å². The number of amides is 1. The second kappa shape index (κ2) is 7.16. The van der Waals surface area contributed by atoms with Gasteiger partial charge in [0, 0.05) is 17.4 Å². The molecule has 0 bridgehead atoms. The van der Waals surface area contributed by atoms with E-state index in [0.717, 1.165) is 18.2 Å². The third-order valence-corrected chi connectivity index (χ3v) is 5.40. The standard InChI is InChI=1S/C16H22BrNO3/c1-3-16(4-2,10-17)11-18-15(19)12-5-6-13-14(9-12)21-8-7-20-13/h5-6,9H,3-4,7-8,10-11H2,1-2H3,(H,18,19). The first-order valence-corrected chi connectivity index (χ1v) is 8.50. The monoisotopic (exact) mass is 355 g/mol. The molecule has 4 nitrogen and oxygen atoms in total. The number of carbonyl (C=O) groups is 1. The Bertz CT molecular complexity index is 492. The molecule has 1 heterocycles. The predicted octanol–water partition coefficient (Wildman–Crippen LogP) is 3.39. The Hall–Kier alpha value is -1.23. The van der Waals surface area contributed by atoms with E-state index in [0.29, 0.717) is 36.8 Å². The lowest BCUT2D eigenvalue weighted by Crippen LogP contribution is -2.38. The predicted molar refractivity (Wildman–Crippen MR) is 86.6 cm³/mol. The van der Waals surface area contributed by atoms with E-state index < -0.39 is 0 Å². The van der Waals surface area contributed by atoms with Crippen LogP contribution in [-0.2, 0) is 0 Å². The minimum Gasteiger partial charge on any atom is -0.486 e. The molecule has 0 aliphatic carbocycles. The molecule has 0 fully saturated rings. The average Bonchev–Trinajstić information content (AvgIpc) is 2.56. The first-order valence-electron chi connectivity index (χ1n) is 7.38. The number of halogens is 1. The van der Waals surface area contributed by atoms with E-state index >= 15 is 0 Å². The van der Waals surface area contributed by atoms with Crippen LogP contribution < -0.4 is 14.8 Å². The van der Waals surface area contributed by atoms with Crippen molar-refractivity contribution in [2.75, 3.05) is 25.1 Å². The van der Waals surface area contributed by atoms with Crippen molar-refractivity contribution in [2.45, 2.75) is 26.7 Å². The van der Waals surface area contributed by atoms with Crippen molar-refractivity contribution in [3.8, 4) is 11.5 Å². The van der Waals surface area contributed by atoms with Crippen LogP contribution in [0, 0.1) is 5.41 Å². The second-order valence-electron chi connectivity index (χ2n) is 5.38. The number of alkyl halides is 1. The van der Waals surface area contributed by atoms with Gasteiger partial charge in [0.2, 0.25) is 0 Å². The zero-order valence-corrected chi connectivity index (χ0v) is 14.2. The van der Waals surface area contributed by atoms with E-state index in [4.69, 9.17) is 9.47 Å².